The number of anilines is 1. The number of nitrogens with zero attached hydrogens (tertiary/aromatic N) is 4. The zero-order valence-corrected chi connectivity index (χ0v) is 19.1. The number of amides is 1. The Balaban J connectivity index is 1.63. The molecule has 1 amide bonds. The molecule has 0 spiro atoms. The number of hydrogen-bond donors (Lipinski definition) is 1. The zero-order valence-electron chi connectivity index (χ0n) is 18.3. The minimum atomic E-state index is -0.130. The summed E-state index contributed by atoms with van der Waals surface area (Å²) in [4.78, 5) is 25.6. The molecule has 0 atom stereocenters. The summed E-state index contributed by atoms with van der Waals surface area (Å²) in [6.07, 6.45) is 0.679. The molecule has 4 aromatic rings. The summed E-state index contributed by atoms with van der Waals surface area (Å²) >= 11 is 1.29. The van der Waals surface area contributed by atoms with E-state index in [0.717, 1.165) is 22.3 Å². The maximum atomic E-state index is 13.0. The molecule has 0 aliphatic carbocycles. The van der Waals surface area contributed by atoms with Crippen molar-refractivity contribution in [2.75, 3.05) is 24.8 Å². The van der Waals surface area contributed by atoms with Crippen LogP contribution in [0.4, 0.5) is 5.69 Å². The van der Waals surface area contributed by atoms with Crippen LogP contribution < -0.4 is 10.9 Å². The van der Waals surface area contributed by atoms with E-state index in [1.165, 1.54) is 11.8 Å². The lowest BCUT2D eigenvalue weighted by molar-refractivity contribution is -0.113. The first-order chi connectivity index (χ1) is 15.5. The summed E-state index contributed by atoms with van der Waals surface area (Å²) in [5, 5.41) is 12.6. The Bertz CT molecular complexity index is 1320. The van der Waals surface area contributed by atoms with Crippen LogP contribution in [0.1, 0.15) is 17.5 Å². The monoisotopic (exact) mass is 451 g/mol. The van der Waals surface area contributed by atoms with Crippen molar-refractivity contribution in [1.82, 2.24) is 19.2 Å². The highest BCUT2D eigenvalue weighted by Crippen LogP contribution is 2.22. The van der Waals surface area contributed by atoms with Crippen molar-refractivity contribution in [1.29, 1.82) is 0 Å². The van der Waals surface area contributed by atoms with Gasteiger partial charge in [-0.2, -0.15) is 0 Å². The molecule has 0 saturated heterocycles. The van der Waals surface area contributed by atoms with Crippen LogP contribution in [0.3, 0.4) is 0 Å². The molecule has 0 bridgehead atoms. The van der Waals surface area contributed by atoms with Crippen molar-refractivity contribution in [3.05, 3.63) is 63.9 Å². The number of carbonyl (C=O) groups excluding carboxylic acids is 1. The molecule has 2 heterocycles. The molecular formula is C23H25N5O3S. The topological polar surface area (TPSA) is 90.5 Å². The third kappa shape index (κ3) is 4.53. The van der Waals surface area contributed by atoms with Gasteiger partial charge in [0.25, 0.3) is 5.56 Å². The third-order valence-corrected chi connectivity index (χ3v) is 5.98. The molecule has 0 radical (unpaired) electrons. The van der Waals surface area contributed by atoms with Crippen molar-refractivity contribution in [2.45, 2.75) is 32.0 Å². The number of nitrogens with one attached hydrogen (secondary N) is 1. The van der Waals surface area contributed by atoms with Gasteiger partial charge in [-0.1, -0.05) is 30.0 Å². The Labute approximate surface area is 189 Å². The summed E-state index contributed by atoms with van der Waals surface area (Å²) < 4.78 is 8.59. The van der Waals surface area contributed by atoms with Gasteiger partial charge >= 0.3 is 0 Å². The Hall–Kier alpha value is -3.17. The van der Waals surface area contributed by atoms with Crippen LogP contribution in [0.15, 0.2) is 52.4 Å². The zero-order chi connectivity index (χ0) is 22.7. The Morgan fingerprint density at radius 3 is 2.62 bits per heavy atom. The fraction of sp³-hybridized carbons (Fsp3) is 0.304. The maximum Gasteiger partial charge on any atom is 0.262 e. The van der Waals surface area contributed by atoms with Gasteiger partial charge < -0.3 is 10.1 Å². The van der Waals surface area contributed by atoms with E-state index < -0.39 is 0 Å². The number of benzene rings is 2. The summed E-state index contributed by atoms with van der Waals surface area (Å²) in [5.74, 6) is 0.502. The molecular weight excluding hydrogens is 426 g/mol. The van der Waals surface area contributed by atoms with Crippen LogP contribution in [0.2, 0.25) is 0 Å². The highest BCUT2D eigenvalue weighted by molar-refractivity contribution is 7.99. The maximum absolute atomic E-state index is 13.0. The fourth-order valence-corrected chi connectivity index (χ4v) is 4.51. The highest BCUT2D eigenvalue weighted by Gasteiger charge is 2.17. The van der Waals surface area contributed by atoms with Gasteiger partial charge in [0.2, 0.25) is 11.7 Å². The van der Waals surface area contributed by atoms with E-state index in [1.54, 1.807) is 17.7 Å². The van der Waals surface area contributed by atoms with E-state index in [1.807, 2.05) is 48.6 Å². The van der Waals surface area contributed by atoms with Gasteiger partial charge in [-0.05, 0) is 55.7 Å². The van der Waals surface area contributed by atoms with Crippen molar-refractivity contribution in [3.8, 4) is 0 Å². The molecule has 0 aliphatic heterocycles. The molecule has 1 N–H and O–H groups in total. The average Bonchev–Trinajstić information content (AvgIpc) is 3.18. The van der Waals surface area contributed by atoms with Gasteiger partial charge in [-0.25, -0.2) is 0 Å². The van der Waals surface area contributed by atoms with Gasteiger partial charge in [0, 0.05) is 25.9 Å². The van der Waals surface area contributed by atoms with Crippen molar-refractivity contribution < 1.29 is 9.53 Å². The summed E-state index contributed by atoms with van der Waals surface area (Å²) in [6, 6.07) is 13.3. The highest BCUT2D eigenvalue weighted by atomic mass is 32.2. The normalized spacial score (nSPS) is 11.3. The largest absolute Gasteiger partial charge is 0.385 e. The molecule has 0 aliphatic rings. The first kappa shape index (κ1) is 22.0. The molecule has 2 aromatic carbocycles. The van der Waals surface area contributed by atoms with E-state index in [9.17, 15) is 9.59 Å². The second-order valence-corrected chi connectivity index (χ2v) is 8.59. The first-order valence-corrected chi connectivity index (χ1v) is 11.3. The minimum Gasteiger partial charge on any atom is -0.385 e. The van der Waals surface area contributed by atoms with Crippen LogP contribution in [-0.2, 0) is 16.1 Å². The number of aryl methyl sites for hydroxylation is 3. The quantitative estimate of drug-likeness (QED) is 0.326. The SMILES string of the molecule is COCCCn1c(=O)c2ccccc2n2c(SCC(=O)Nc3cc(C)cc(C)c3)nnc12. The number of hydrogen-bond acceptors (Lipinski definition) is 6. The Kier molecular flexibility index (Phi) is 6.57. The second kappa shape index (κ2) is 9.54. The van der Waals surface area contributed by atoms with Gasteiger partial charge in [-0.3, -0.25) is 18.6 Å². The fourth-order valence-electron chi connectivity index (χ4n) is 3.77. The molecule has 9 heteroatoms. The molecule has 0 unspecified atom stereocenters. The van der Waals surface area contributed by atoms with Crippen LogP contribution >= 0.6 is 11.8 Å². The van der Waals surface area contributed by atoms with Crippen LogP contribution in [0.5, 0.6) is 0 Å². The molecule has 2 aromatic heterocycles. The van der Waals surface area contributed by atoms with E-state index in [-0.39, 0.29) is 17.2 Å². The van der Waals surface area contributed by atoms with Gasteiger partial charge in [0.1, 0.15) is 0 Å². The number of thioether (sulfide) groups is 1. The summed E-state index contributed by atoms with van der Waals surface area (Å²) in [6.45, 7) is 5.00. The van der Waals surface area contributed by atoms with E-state index >= 15 is 0 Å². The lowest BCUT2D eigenvalue weighted by atomic mass is 10.1. The van der Waals surface area contributed by atoms with Crippen molar-refractivity contribution in [2.24, 2.45) is 0 Å². The number of rotatable bonds is 8. The average molecular weight is 452 g/mol. The van der Waals surface area contributed by atoms with Crippen molar-refractivity contribution >= 4 is 40.0 Å². The number of para-hydroxylation sites is 1. The van der Waals surface area contributed by atoms with E-state index in [4.69, 9.17) is 4.74 Å². The predicted molar refractivity (Wildman–Crippen MR) is 127 cm³/mol. The second-order valence-electron chi connectivity index (χ2n) is 7.65. The number of ether oxygens (including phenoxy) is 1. The molecule has 166 valence electrons. The number of aromatic nitrogens is 4. The summed E-state index contributed by atoms with van der Waals surface area (Å²) in [5.41, 5.74) is 3.57. The number of carbonyl (C=O) groups is 1. The predicted octanol–water partition coefficient (Wildman–Crippen LogP) is 3.43. The van der Waals surface area contributed by atoms with Crippen LogP contribution in [0.25, 0.3) is 16.7 Å². The molecule has 0 fully saturated rings. The molecule has 0 saturated carbocycles. The first-order valence-electron chi connectivity index (χ1n) is 10.3. The standard InChI is InChI=1S/C23H25N5O3S/c1-15-11-16(2)13-17(12-15)24-20(29)14-32-23-26-25-22-27(9-6-10-31-3)21(30)18-7-4-5-8-19(18)28(22)23/h4-5,7-8,11-13H,6,9-10,14H2,1-3H3,(H,24,29). The van der Waals surface area contributed by atoms with Gasteiger partial charge in [0.05, 0.1) is 16.7 Å². The third-order valence-electron chi connectivity index (χ3n) is 5.05. The van der Waals surface area contributed by atoms with Crippen LogP contribution in [-0.4, -0.2) is 44.5 Å². The Morgan fingerprint density at radius 2 is 1.88 bits per heavy atom. The summed E-state index contributed by atoms with van der Waals surface area (Å²) in [7, 11) is 1.63. The molecule has 4 rings (SSSR count). The number of fused-ring (bicyclic) bond motifs is 3. The smallest absolute Gasteiger partial charge is 0.262 e. The van der Waals surface area contributed by atoms with Crippen LogP contribution in [0, 0.1) is 13.8 Å². The van der Waals surface area contributed by atoms with Gasteiger partial charge in [0.15, 0.2) is 5.16 Å². The lowest BCUT2D eigenvalue weighted by Crippen LogP contribution is -2.24. The molecule has 8 nitrogen and oxygen atoms in total. The Morgan fingerprint density at radius 1 is 1.12 bits per heavy atom. The number of methoxy groups -OCH3 is 1. The lowest BCUT2D eigenvalue weighted by Gasteiger charge is -2.11. The molecule has 32 heavy (non-hydrogen) atoms. The van der Waals surface area contributed by atoms with Gasteiger partial charge in [-0.15, -0.1) is 10.2 Å². The van der Waals surface area contributed by atoms with E-state index in [2.05, 4.69) is 21.6 Å². The van der Waals surface area contributed by atoms with E-state index in [0.29, 0.717) is 35.9 Å². The van der Waals surface area contributed by atoms with Crippen molar-refractivity contribution in [3.63, 3.8) is 0 Å². The minimum absolute atomic E-state index is 0.110.